The first-order chi connectivity index (χ1) is 13.5. The number of hydrogen-bond donors (Lipinski definition) is 2. The van der Waals surface area contributed by atoms with Crippen molar-refractivity contribution in [1.29, 1.82) is 0 Å². The van der Waals surface area contributed by atoms with E-state index < -0.39 is 0 Å². The Morgan fingerprint density at radius 2 is 1.83 bits per heavy atom. The highest BCUT2D eigenvalue weighted by Crippen LogP contribution is 2.20. The number of hydrogen-bond acceptors (Lipinski definition) is 5. The van der Waals surface area contributed by atoms with Crippen LogP contribution in [0.4, 0.5) is 5.82 Å². The van der Waals surface area contributed by atoms with Crippen LogP contribution in [-0.4, -0.2) is 52.4 Å². The van der Waals surface area contributed by atoms with Gasteiger partial charge in [0.15, 0.2) is 5.96 Å². The van der Waals surface area contributed by atoms with Gasteiger partial charge in [-0.25, -0.2) is 4.98 Å². The summed E-state index contributed by atoms with van der Waals surface area (Å²) in [6, 6.07) is 10.2. The van der Waals surface area contributed by atoms with Crippen LogP contribution >= 0.6 is 24.0 Å². The number of benzene rings is 1. The van der Waals surface area contributed by atoms with E-state index in [1.807, 2.05) is 31.1 Å². The number of methoxy groups -OCH3 is 1. The lowest BCUT2D eigenvalue weighted by atomic mass is 10.1. The van der Waals surface area contributed by atoms with Crippen molar-refractivity contribution in [3.05, 3.63) is 53.2 Å². The molecule has 0 fully saturated rings. The van der Waals surface area contributed by atoms with Crippen LogP contribution in [0.3, 0.4) is 0 Å². The number of aromatic nitrogens is 1. The third-order valence-electron chi connectivity index (χ3n) is 4.17. The summed E-state index contributed by atoms with van der Waals surface area (Å²) in [5.41, 5.74) is 3.33. The van der Waals surface area contributed by atoms with Crippen LogP contribution in [-0.2, 0) is 17.8 Å². The van der Waals surface area contributed by atoms with Crippen molar-refractivity contribution >= 4 is 35.8 Å². The average molecular weight is 513 g/mol. The number of nitrogens with zero attached hydrogens (tertiary/aromatic N) is 3. The van der Waals surface area contributed by atoms with Gasteiger partial charge in [-0.2, -0.15) is 0 Å². The minimum absolute atomic E-state index is 0. The fourth-order valence-electron chi connectivity index (χ4n) is 2.73. The highest BCUT2D eigenvalue weighted by molar-refractivity contribution is 14.0. The van der Waals surface area contributed by atoms with Gasteiger partial charge in [0, 0.05) is 58.7 Å². The molecule has 0 aliphatic rings. The largest absolute Gasteiger partial charge is 0.491 e. The summed E-state index contributed by atoms with van der Waals surface area (Å²) >= 11 is 0. The summed E-state index contributed by atoms with van der Waals surface area (Å²) in [7, 11) is 7.40. The Kier molecular flexibility index (Phi) is 11.4. The number of anilines is 1. The first kappa shape index (κ1) is 25.0. The van der Waals surface area contributed by atoms with Crippen LogP contribution in [0.1, 0.15) is 16.7 Å². The average Bonchev–Trinajstić information content (AvgIpc) is 2.69. The number of nitrogens with one attached hydrogen (secondary N) is 2. The molecule has 0 saturated heterocycles. The van der Waals surface area contributed by atoms with Crippen LogP contribution in [0.2, 0.25) is 0 Å². The molecule has 0 saturated carbocycles. The molecular formula is C21H32IN5O2. The smallest absolute Gasteiger partial charge is 0.191 e. The second kappa shape index (κ2) is 13.2. The van der Waals surface area contributed by atoms with E-state index in [4.69, 9.17) is 9.47 Å². The Hall–Kier alpha value is -2.07. The number of rotatable bonds is 9. The third kappa shape index (κ3) is 8.06. The molecule has 1 aromatic carbocycles. The number of guanidine groups is 1. The van der Waals surface area contributed by atoms with Crippen molar-refractivity contribution in [2.75, 3.05) is 46.4 Å². The van der Waals surface area contributed by atoms with Gasteiger partial charge in [-0.05, 0) is 24.6 Å². The highest BCUT2D eigenvalue weighted by atomic mass is 127. The molecule has 2 rings (SSSR count). The Morgan fingerprint density at radius 1 is 1.10 bits per heavy atom. The zero-order valence-corrected chi connectivity index (χ0v) is 20.2. The third-order valence-corrected chi connectivity index (χ3v) is 4.17. The lowest BCUT2D eigenvalue weighted by molar-refractivity contribution is 0.145. The molecule has 0 spiro atoms. The quantitative estimate of drug-likeness (QED) is 0.233. The second-order valence-corrected chi connectivity index (χ2v) is 6.61. The Balaban J connectivity index is 0.00000420. The number of ether oxygens (including phenoxy) is 2. The van der Waals surface area contributed by atoms with E-state index >= 15 is 0 Å². The summed E-state index contributed by atoms with van der Waals surface area (Å²) in [5, 5.41) is 6.69. The zero-order chi connectivity index (χ0) is 20.4. The maximum atomic E-state index is 5.86. The summed E-state index contributed by atoms with van der Waals surface area (Å²) in [4.78, 5) is 10.7. The number of halogens is 1. The highest BCUT2D eigenvalue weighted by Gasteiger charge is 2.08. The summed E-state index contributed by atoms with van der Waals surface area (Å²) in [5.74, 6) is 2.52. The minimum atomic E-state index is 0. The molecule has 0 bridgehead atoms. The molecule has 2 aromatic rings. The van der Waals surface area contributed by atoms with E-state index in [0.717, 1.165) is 34.2 Å². The first-order valence-electron chi connectivity index (χ1n) is 9.32. The normalized spacial score (nSPS) is 10.9. The molecule has 1 heterocycles. The summed E-state index contributed by atoms with van der Waals surface area (Å²) < 4.78 is 10.9. The van der Waals surface area contributed by atoms with E-state index in [1.54, 1.807) is 20.4 Å². The van der Waals surface area contributed by atoms with Crippen molar-refractivity contribution in [2.24, 2.45) is 4.99 Å². The number of aliphatic imine (C=N–C) groups is 1. The molecule has 0 unspecified atom stereocenters. The molecule has 0 amide bonds. The zero-order valence-electron chi connectivity index (χ0n) is 17.9. The van der Waals surface area contributed by atoms with Crippen molar-refractivity contribution in [2.45, 2.75) is 20.0 Å². The van der Waals surface area contributed by atoms with E-state index in [1.165, 1.54) is 0 Å². The van der Waals surface area contributed by atoms with Gasteiger partial charge >= 0.3 is 0 Å². The van der Waals surface area contributed by atoms with Gasteiger partial charge < -0.3 is 25.0 Å². The van der Waals surface area contributed by atoms with Crippen molar-refractivity contribution < 1.29 is 9.47 Å². The van der Waals surface area contributed by atoms with Crippen molar-refractivity contribution in [3.63, 3.8) is 0 Å². The molecule has 1 aromatic heterocycles. The Labute approximate surface area is 190 Å². The number of aryl methyl sites for hydroxylation is 1. The summed E-state index contributed by atoms with van der Waals surface area (Å²) in [6.45, 7) is 4.37. The van der Waals surface area contributed by atoms with Gasteiger partial charge in [0.25, 0.3) is 0 Å². The van der Waals surface area contributed by atoms with Gasteiger partial charge in [-0.1, -0.05) is 18.2 Å². The Bertz CT molecular complexity index is 783. The number of pyridine rings is 1. The van der Waals surface area contributed by atoms with Crippen LogP contribution in [0.25, 0.3) is 0 Å². The SMILES string of the molecule is CN=C(NCc1ccc(C)cc1OCCOC)NCc1cccnc1N(C)C.I. The van der Waals surface area contributed by atoms with Crippen LogP contribution < -0.4 is 20.3 Å². The lowest BCUT2D eigenvalue weighted by Crippen LogP contribution is -2.36. The molecule has 160 valence electrons. The molecule has 0 atom stereocenters. The maximum Gasteiger partial charge on any atom is 0.191 e. The maximum absolute atomic E-state index is 5.86. The molecular weight excluding hydrogens is 481 g/mol. The van der Waals surface area contributed by atoms with Crippen LogP contribution in [0, 0.1) is 6.92 Å². The van der Waals surface area contributed by atoms with Gasteiger partial charge in [-0.3, -0.25) is 4.99 Å². The van der Waals surface area contributed by atoms with E-state index in [9.17, 15) is 0 Å². The lowest BCUT2D eigenvalue weighted by Gasteiger charge is -2.18. The van der Waals surface area contributed by atoms with Crippen LogP contribution in [0.5, 0.6) is 5.75 Å². The van der Waals surface area contributed by atoms with Gasteiger partial charge in [0.2, 0.25) is 0 Å². The van der Waals surface area contributed by atoms with Gasteiger partial charge in [-0.15, -0.1) is 24.0 Å². The molecule has 7 nitrogen and oxygen atoms in total. The first-order valence-corrected chi connectivity index (χ1v) is 9.32. The second-order valence-electron chi connectivity index (χ2n) is 6.61. The van der Waals surface area contributed by atoms with Gasteiger partial charge in [0.05, 0.1) is 6.61 Å². The van der Waals surface area contributed by atoms with Crippen molar-refractivity contribution in [3.8, 4) is 5.75 Å². The van der Waals surface area contributed by atoms with E-state index in [2.05, 4.69) is 45.7 Å². The molecule has 0 aliphatic carbocycles. The molecule has 2 N–H and O–H groups in total. The molecule has 29 heavy (non-hydrogen) atoms. The predicted octanol–water partition coefficient (Wildman–Crippen LogP) is 2.96. The van der Waals surface area contributed by atoms with Crippen molar-refractivity contribution in [1.82, 2.24) is 15.6 Å². The minimum Gasteiger partial charge on any atom is -0.491 e. The topological polar surface area (TPSA) is 71.0 Å². The van der Waals surface area contributed by atoms with Gasteiger partial charge in [0.1, 0.15) is 18.2 Å². The fraction of sp³-hybridized carbons (Fsp3) is 0.429. The molecule has 0 aliphatic heterocycles. The fourth-order valence-corrected chi connectivity index (χ4v) is 2.73. The van der Waals surface area contributed by atoms with Crippen LogP contribution in [0.15, 0.2) is 41.5 Å². The molecule has 0 radical (unpaired) electrons. The summed E-state index contributed by atoms with van der Waals surface area (Å²) in [6.07, 6.45) is 1.80. The Morgan fingerprint density at radius 3 is 2.48 bits per heavy atom. The standard InChI is InChI=1S/C21H31N5O2.HI/c1-16-8-9-17(19(13-16)28-12-11-27-5)14-24-21(22-2)25-15-18-7-6-10-23-20(18)26(3)4;/h6-10,13H,11-12,14-15H2,1-5H3,(H2,22,24,25);1H. The monoisotopic (exact) mass is 513 g/mol. The molecule has 8 heteroatoms. The van der Waals surface area contributed by atoms with E-state index in [0.29, 0.717) is 26.3 Å². The predicted molar refractivity (Wildman–Crippen MR) is 130 cm³/mol. The van der Waals surface area contributed by atoms with E-state index in [-0.39, 0.29) is 24.0 Å².